The van der Waals surface area contributed by atoms with Gasteiger partial charge in [-0.15, -0.1) is 0 Å². The van der Waals surface area contributed by atoms with Gasteiger partial charge in [0.15, 0.2) is 0 Å². The number of ether oxygens (including phenoxy) is 1. The highest BCUT2D eigenvalue weighted by molar-refractivity contribution is 6.30. The van der Waals surface area contributed by atoms with E-state index in [1.165, 1.54) is 0 Å². The first-order valence-electron chi connectivity index (χ1n) is 8.44. The number of benzene rings is 2. The van der Waals surface area contributed by atoms with Gasteiger partial charge in [0.1, 0.15) is 5.82 Å². The Labute approximate surface area is 158 Å². The van der Waals surface area contributed by atoms with E-state index in [4.69, 9.17) is 16.3 Å². The standard InChI is InChI=1S/C20H21ClN4O/c1-26-13-5-12-22-19-14-18(15-6-3-2-4-7-15)24-20(25-19)23-17-10-8-16(21)9-11-17/h2-4,6-11,14H,5,12-13H2,1H3,(H2,22,23,24,25). The van der Waals surface area contributed by atoms with Crippen LogP contribution in [0, 0.1) is 0 Å². The van der Waals surface area contributed by atoms with E-state index >= 15 is 0 Å². The molecule has 0 atom stereocenters. The molecule has 0 aliphatic rings. The van der Waals surface area contributed by atoms with Gasteiger partial charge in [-0.05, 0) is 30.7 Å². The number of methoxy groups -OCH3 is 1. The maximum absolute atomic E-state index is 5.95. The van der Waals surface area contributed by atoms with Gasteiger partial charge < -0.3 is 15.4 Å². The average molecular weight is 369 g/mol. The molecule has 0 aliphatic heterocycles. The van der Waals surface area contributed by atoms with E-state index in [2.05, 4.69) is 20.6 Å². The number of halogens is 1. The van der Waals surface area contributed by atoms with Gasteiger partial charge in [0.2, 0.25) is 5.95 Å². The van der Waals surface area contributed by atoms with E-state index in [0.717, 1.165) is 35.7 Å². The zero-order chi connectivity index (χ0) is 18.2. The summed E-state index contributed by atoms with van der Waals surface area (Å²) < 4.78 is 5.09. The highest BCUT2D eigenvalue weighted by Crippen LogP contribution is 2.23. The van der Waals surface area contributed by atoms with E-state index < -0.39 is 0 Å². The summed E-state index contributed by atoms with van der Waals surface area (Å²) in [6.45, 7) is 1.49. The average Bonchev–Trinajstić information content (AvgIpc) is 2.68. The van der Waals surface area contributed by atoms with Gasteiger partial charge in [-0.25, -0.2) is 4.98 Å². The number of rotatable bonds is 8. The summed E-state index contributed by atoms with van der Waals surface area (Å²) in [6, 6.07) is 19.4. The Bertz CT molecular complexity index is 825. The molecule has 26 heavy (non-hydrogen) atoms. The lowest BCUT2D eigenvalue weighted by atomic mass is 10.1. The topological polar surface area (TPSA) is 59.1 Å². The summed E-state index contributed by atoms with van der Waals surface area (Å²) in [4.78, 5) is 9.21. The van der Waals surface area contributed by atoms with Crippen molar-refractivity contribution in [3.05, 3.63) is 65.7 Å². The molecule has 0 unspecified atom stereocenters. The van der Waals surface area contributed by atoms with Crippen LogP contribution in [0.2, 0.25) is 5.02 Å². The summed E-state index contributed by atoms with van der Waals surface area (Å²) in [6.07, 6.45) is 0.904. The molecule has 0 amide bonds. The summed E-state index contributed by atoms with van der Waals surface area (Å²) in [5.41, 5.74) is 2.77. The minimum Gasteiger partial charge on any atom is -0.385 e. The lowest BCUT2D eigenvalue weighted by Crippen LogP contribution is -2.08. The van der Waals surface area contributed by atoms with Crippen molar-refractivity contribution in [2.45, 2.75) is 6.42 Å². The molecule has 0 saturated carbocycles. The Morgan fingerprint density at radius 1 is 1.00 bits per heavy atom. The second kappa shape index (κ2) is 9.17. The molecule has 0 fully saturated rings. The molecule has 2 N–H and O–H groups in total. The van der Waals surface area contributed by atoms with Crippen LogP contribution in [0.5, 0.6) is 0 Å². The lowest BCUT2D eigenvalue weighted by Gasteiger charge is -2.11. The molecule has 2 aromatic carbocycles. The molecule has 0 bridgehead atoms. The van der Waals surface area contributed by atoms with Crippen molar-refractivity contribution in [1.82, 2.24) is 9.97 Å². The number of anilines is 3. The molecule has 6 heteroatoms. The summed E-state index contributed by atoms with van der Waals surface area (Å²) in [5, 5.41) is 7.26. The van der Waals surface area contributed by atoms with Gasteiger partial charge in [-0.2, -0.15) is 4.98 Å². The van der Waals surface area contributed by atoms with Crippen LogP contribution in [0.15, 0.2) is 60.7 Å². The molecule has 1 aromatic heterocycles. The molecule has 134 valence electrons. The first-order chi connectivity index (χ1) is 12.7. The van der Waals surface area contributed by atoms with Gasteiger partial charge in [-0.3, -0.25) is 0 Å². The third-order valence-electron chi connectivity index (χ3n) is 3.73. The fourth-order valence-electron chi connectivity index (χ4n) is 2.45. The zero-order valence-corrected chi connectivity index (χ0v) is 15.3. The summed E-state index contributed by atoms with van der Waals surface area (Å²) in [5.74, 6) is 1.30. The molecule has 3 aromatic rings. The number of hydrogen-bond donors (Lipinski definition) is 2. The predicted molar refractivity (Wildman–Crippen MR) is 107 cm³/mol. The van der Waals surface area contributed by atoms with Crippen molar-refractivity contribution in [2.75, 3.05) is 30.9 Å². The fourth-order valence-corrected chi connectivity index (χ4v) is 2.57. The second-order valence-corrected chi connectivity index (χ2v) is 6.17. The molecule has 0 saturated heterocycles. The maximum atomic E-state index is 5.95. The van der Waals surface area contributed by atoms with Crippen LogP contribution in [-0.2, 0) is 4.74 Å². The Hall–Kier alpha value is -2.63. The Morgan fingerprint density at radius 2 is 1.77 bits per heavy atom. The molecule has 1 heterocycles. The lowest BCUT2D eigenvalue weighted by molar-refractivity contribution is 0.198. The number of nitrogens with one attached hydrogen (secondary N) is 2. The quantitative estimate of drug-likeness (QED) is 0.548. The van der Waals surface area contributed by atoms with E-state index in [1.807, 2.05) is 60.7 Å². The van der Waals surface area contributed by atoms with Crippen molar-refractivity contribution >= 4 is 29.1 Å². The van der Waals surface area contributed by atoms with Crippen LogP contribution in [0.4, 0.5) is 17.5 Å². The van der Waals surface area contributed by atoms with Gasteiger partial charge in [0.05, 0.1) is 5.69 Å². The van der Waals surface area contributed by atoms with E-state index in [0.29, 0.717) is 17.6 Å². The van der Waals surface area contributed by atoms with E-state index in [1.54, 1.807) is 7.11 Å². The van der Waals surface area contributed by atoms with Gasteiger partial charge >= 0.3 is 0 Å². The SMILES string of the molecule is COCCCNc1cc(-c2ccccc2)nc(Nc2ccc(Cl)cc2)n1. The third-order valence-corrected chi connectivity index (χ3v) is 3.98. The normalized spacial score (nSPS) is 10.5. The van der Waals surface area contributed by atoms with Crippen LogP contribution in [0.25, 0.3) is 11.3 Å². The monoisotopic (exact) mass is 368 g/mol. The Kier molecular flexibility index (Phi) is 6.41. The Balaban J connectivity index is 1.85. The predicted octanol–water partition coefficient (Wildman–Crippen LogP) is 4.99. The van der Waals surface area contributed by atoms with Crippen molar-refractivity contribution in [1.29, 1.82) is 0 Å². The van der Waals surface area contributed by atoms with Crippen molar-refractivity contribution in [3.8, 4) is 11.3 Å². The summed E-state index contributed by atoms with van der Waals surface area (Å²) >= 11 is 5.95. The largest absolute Gasteiger partial charge is 0.385 e. The van der Waals surface area contributed by atoms with Crippen molar-refractivity contribution in [3.63, 3.8) is 0 Å². The van der Waals surface area contributed by atoms with Crippen LogP contribution in [0.3, 0.4) is 0 Å². The van der Waals surface area contributed by atoms with Crippen molar-refractivity contribution in [2.24, 2.45) is 0 Å². The maximum Gasteiger partial charge on any atom is 0.229 e. The first-order valence-corrected chi connectivity index (χ1v) is 8.82. The molecule has 0 spiro atoms. The number of nitrogens with zero attached hydrogens (tertiary/aromatic N) is 2. The Morgan fingerprint density at radius 3 is 2.50 bits per heavy atom. The van der Waals surface area contributed by atoms with Gasteiger partial charge in [0.25, 0.3) is 0 Å². The van der Waals surface area contributed by atoms with Gasteiger partial charge in [-0.1, -0.05) is 41.9 Å². The molecule has 0 aliphatic carbocycles. The second-order valence-electron chi connectivity index (χ2n) is 5.73. The van der Waals surface area contributed by atoms with Crippen LogP contribution in [0.1, 0.15) is 6.42 Å². The van der Waals surface area contributed by atoms with E-state index in [9.17, 15) is 0 Å². The zero-order valence-electron chi connectivity index (χ0n) is 14.6. The van der Waals surface area contributed by atoms with Crippen molar-refractivity contribution < 1.29 is 4.74 Å². The minimum atomic E-state index is 0.530. The van der Waals surface area contributed by atoms with Gasteiger partial charge in [0, 0.05) is 42.6 Å². The third kappa shape index (κ3) is 5.18. The fraction of sp³-hybridized carbons (Fsp3) is 0.200. The van der Waals surface area contributed by atoms with Crippen LogP contribution >= 0.6 is 11.6 Å². The van der Waals surface area contributed by atoms with Crippen LogP contribution < -0.4 is 10.6 Å². The highest BCUT2D eigenvalue weighted by atomic mass is 35.5. The number of hydrogen-bond acceptors (Lipinski definition) is 5. The molecule has 3 rings (SSSR count). The molecule has 5 nitrogen and oxygen atoms in total. The summed E-state index contributed by atoms with van der Waals surface area (Å²) in [7, 11) is 1.70. The first kappa shape index (κ1) is 18.2. The smallest absolute Gasteiger partial charge is 0.229 e. The van der Waals surface area contributed by atoms with Crippen LogP contribution in [-0.4, -0.2) is 30.2 Å². The molecular formula is C20H21ClN4O. The van der Waals surface area contributed by atoms with E-state index in [-0.39, 0.29) is 0 Å². The molecule has 0 radical (unpaired) electrons. The number of aromatic nitrogens is 2. The minimum absolute atomic E-state index is 0.530. The highest BCUT2D eigenvalue weighted by Gasteiger charge is 2.07. The molecular weight excluding hydrogens is 348 g/mol.